The van der Waals surface area contributed by atoms with E-state index in [1.165, 1.54) is 6.92 Å². The smallest absolute Gasteiger partial charge is 0.316 e. The molecule has 0 rings (SSSR count). The molecule has 0 saturated carbocycles. The molecular weight excluding hydrogens is 184 g/mol. The quantitative estimate of drug-likeness (QED) is 0.281. The summed E-state index contributed by atoms with van der Waals surface area (Å²) in [5, 5.41) is 0. The fraction of sp³-hybridized carbons (Fsp3) is 0.600. The van der Waals surface area contributed by atoms with Crippen LogP contribution >= 0.6 is 0 Å². The summed E-state index contributed by atoms with van der Waals surface area (Å²) in [5.41, 5.74) is 0. The first-order chi connectivity index (χ1) is 6.54. The molecule has 0 N–H and O–H groups in total. The lowest BCUT2D eigenvalue weighted by Gasteiger charge is -2.11. The van der Waals surface area contributed by atoms with Crippen LogP contribution in [0, 0.1) is 5.92 Å². The fourth-order valence-electron chi connectivity index (χ4n) is 0.861. The Morgan fingerprint density at radius 1 is 1.21 bits per heavy atom. The normalized spacial score (nSPS) is 11.6. The van der Waals surface area contributed by atoms with Crippen molar-refractivity contribution < 1.29 is 19.1 Å². The Morgan fingerprint density at radius 2 is 1.71 bits per heavy atom. The van der Waals surface area contributed by atoms with Gasteiger partial charge in [-0.05, 0) is 20.8 Å². The van der Waals surface area contributed by atoms with Gasteiger partial charge in [-0.15, -0.1) is 0 Å². The minimum absolute atomic E-state index is 0.00746. The first-order valence-corrected chi connectivity index (χ1v) is 4.57. The van der Waals surface area contributed by atoms with Crippen molar-refractivity contribution in [2.45, 2.75) is 20.8 Å². The predicted molar refractivity (Wildman–Crippen MR) is 51.6 cm³/mol. The number of esters is 1. The molecule has 0 aliphatic carbocycles. The molecule has 0 bridgehead atoms. The third-order valence-electron chi connectivity index (χ3n) is 1.63. The Labute approximate surface area is 83.9 Å². The average molecular weight is 200 g/mol. The molecule has 4 heteroatoms. The maximum Gasteiger partial charge on any atom is 0.316 e. The van der Waals surface area contributed by atoms with E-state index in [4.69, 9.17) is 9.47 Å². The number of allylic oxidation sites excluding steroid dienone is 1. The van der Waals surface area contributed by atoms with Gasteiger partial charge in [-0.25, -0.2) is 0 Å². The fourth-order valence-corrected chi connectivity index (χ4v) is 0.861. The van der Waals surface area contributed by atoms with Gasteiger partial charge in [-0.2, -0.15) is 0 Å². The monoisotopic (exact) mass is 200 g/mol. The number of Topliss-reactive ketones (excluding diaryl/α,β-unsaturated/α-hetero) is 1. The van der Waals surface area contributed by atoms with Crippen LogP contribution in [0.5, 0.6) is 0 Å². The number of hydrogen-bond donors (Lipinski definition) is 0. The van der Waals surface area contributed by atoms with Gasteiger partial charge >= 0.3 is 5.97 Å². The van der Waals surface area contributed by atoms with Crippen LogP contribution in [0.15, 0.2) is 12.3 Å². The zero-order chi connectivity index (χ0) is 11.1. The van der Waals surface area contributed by atoms with E-state index in [0.717, 1.165) is 0 Å². The van der Waals surface area contributed by atoms with E-state index in [-0.39, 0.29) is 12.4 Å². The third kappa shape index (κ3) is 3.60. The zero-order valence-corrected chi connectivity index (χ0v) is 8.83. The van der Waals surface area contributed by atoms with Gasteiger partial charge in [0.2, 0.25) is 5.78 Å². The third-order valence-corrected chi connectivity index (χ3v) is 1.63. The highest BCUT2D eigenvalue weighted by Gasteiger charge is 2.25. The first-order valence-electron chi connectivity index (χ1n) is 4.57. The topological polar surface area (TPSA) is 52.6 Å². The summed E-state index contributed by atoms with van der Waals surface area (Å²) in [5.74, 6) is -1.80. The molecule has 0 radical (unpaired) electrons. The highest BCUT2D eigenvalue weighted by Crippen LogP contribution is 2.08. The zero-order valence-electron chi connectivity index (χ0n) is 8.83. The Morgan fingerprint density at radius 3 is 2.14 bits per heavy atom. The molecule has 0 aromatic heterocycles. The number of ketones is 1. The summed E-state index contributed by atoms with van der Waals surface area (Å²) in [6.07, 6.45) is 0. The first kappa shape index (κ1) is 12.7. The van der Waals surface area contributed by atoms with Crippen molar-refractivity contribution in [3.63, 3.8) is 0 Å². The number of rotatable bonds is 6. The van der Waals surface area contributed by atoms with Crippen LogP contribution < -0.4 is 0 Å². The van der Waals surface area contributed by atoms with Crippen molar-refractivity contribution in [1.82, 2.24) is 0 Å². The highest BCUT2D eigenvalue weighted by atomic mass is 16.5. The summed E-state index contributed by atoms with van der Waals surface area (Å²) >= 11 is 0. The van der Waals surface area contributed by atoms with Crippen molar-refractivity contribution in [2.75, 3.05) is 13.2 Å². The van der Waals surface area contributed by atoms with E-state index in [1.54, 1.807) is 13.8 Å². The van der Waals surface area contributed by atoms with Gasteiger partial charge in [-0.3, -0.25) is 9.59 Å². The van der Waals surface area contributed by atoms with Gasteiger partial charge in [-0.1, -0.05) is 6.58 Å². The van der Waals surface area contributed by atoms with Crippen LogP contribution in [0.4, 0.5) is 0 Å². The Bertz CT molecular complexity index is 232. The van der Waals surface area contributed by atoms with Crippen LogP contribution in [0.2, 0.25) is 0 Å². The van der Waals surface area contributed by atoms with Gasteiger partial charge in [0.25, 0.3) is 0 Å². The van der Waals surface area contributed by atoms with Gasteiger partial charge in [0, 0.05) is 0 Å². The number of ether oxygens (including phenoxy) is 2. The second kappa shape index (κ2) is 6.18. The predicted octanol–water partition coefficient (Wildman–Crippen LogP) is 1.30. The Kier molecular flexibility index (Phi) is 5.60. The lowest BCUT2D eigenvalue weighted by atomic mass is 10.1. The van der Waals surface area contributed by atoms with Gasteiger partial charge in [0.15, 0.2) is 5.76 Å². The maximum absolute atomic E-state index is 11.4. The molecule has 1 atom stereocenters. The molecule has 0 aliphatic rings. The molecule has 0 saturated heterocycles. The number of carbonyl (C=O) groups is 2. The van der Waals surface area contributed by atoms with Crippen molar-refractivity contribution in [3.8, 4) is 0 Å². The summed E-state index contributed by atoms with van der Waals surface area (Å²) < 4.78 is 9.60. The maximum atomic E-state index is 11.4. The lowest BCUT2D eigenvalue weighted by molar-refractivity contribution is -0.150. The largest absolute Gasteiger partial charge is 0.491 e. The van der Waals surface area contributed by atoms with Crippen LogP contribution in [0.1, 0.15) is 20.8 Å². The second-order valence-corrected chi connectivity index (χ2v) is 2.69. The SMILES string of the molecule is C=C(OCC)C(=O)C(C)C(=O)OCC. The lowest BCUT2D eigenvalue weighted by Crippen LogP contribution is -2.25. The van der Waals surface area contributed by atoms with Gasteiger partial charge in [0.1, 0.15) is 5.92 Å². The molecule has 0 amide bonds. The molecule has 0 aromatic rings. The Hall–Kier alpha value is -1.32. The molecule has 80 valence electrons. The molecule has 0 aromatic carbocycles. The molecule has 14 heavy (non-hydrogen) atoms. The van der Waals surface area contributed by atoms with E-state index in [9.17, 15) is 9.59 Å². The highest BCUT2D eigenvalue weighted by molar-refractivity contribution is 6.06. The molecule has 0 fully saturated rings. The number of carbonyl (C=O) groups excluding carboxylic acids is 2. The van der Waals surface area contributed by atoms with Crippen LogP contribution in [0.3, 0.4) is 0 Å². The summed E-state index contributed by atoms with van der Waals surface area (Å²) in [6, 6.07) is 0. The van der Waals surface area contributed by atoms with Crippen molar-refractivity contribution >= 4 is 11.8 Å². The summed E-state index contributed by atoms with van der Waals surface area (Å²) in [4.78, 5) is 22.6. The van der Waals surface area contributed by atoms with Crippen molar-refractivity contribution in [2.24, 2.45) is 5.92 Å². The van der Waals surface area contributed by atoms with E-state index in [0.29, 0.717) is 6.61 Å². The van der Waals surface area contributed by atoms with Gasteiger partial charge < -0.3 is 9.47 Å². The van der Waals surface area contributed by atoms with E-state index in [1.807, 2.05) is 0 Å². The van der Waals surface area contributed by atoms with E-state index in [2.05, 4.69) is 6.58 Å². The van der Waals surface area contributed by atoms with Crippen molar-refractivity contribution in [3.05, 3.63) is 12.3 Å². The number of hydrogen-bond acceptors (Lipinski definition) is 4. The van der Waals surface area contributed by atoms with Crippen molar-refractivity contribution in [1.29, 1.82) is 0 Å². The minimum atomic E-state index is -0.839. The van der Waals surface area contributed by atoms with E-state index >= 15 is 0 Å². The second-order valence-electron chi connectivity index (χ2n) is 2.69. The molecule has 0 spiro atoms. The molecule has 0 heterocycles. The standard InChI is InChI=1S/C10H16O4/c1-5-13-8(4)9(11)7(3)10(12)14-6-2/h7H,4-6H2,1-3H3. The molecule has 1 unspecified atom stereocenters. The summed E-state index contributed by atoms with van der Waals surface area (Å²) in [6.45, 7) is 8.96. The van der Waals surface area contributed by atoms with Crippen LogP contribution in [-0.2, 0) is 19.1 Å². The summed E-state index contributed by atoms with van der Waals surface area (Å²) in [7, 11) is 0. The van der Waals surface area contributed by atoms with Crippen LogP contribution in [-0.4, -0.2) is 25.0 Å². The molecule has 4 nitrogen and oxygen atoms in total. The van der Waals surface area contributed by atoms with E-state index < -0.39 is 17.7 Å². The molecular formula is C10H16O4. The van der Waals surface area contributed by atoms with Crippen LogP contribution in [0.25, 0.3) is 0 Å². The Balaban J connectivity index is 4.24. The molecule has 0 aliphatic heterocycles. The van der Waals surface area contributed by atoms with Gasteiger partial charge in [0.05, 0.1) is 13.2 Å². The minimum Gasteiger partial charge on any atom is -0.491 e. The average Bonchev–Trinajstić information content (AvgIpc) is 2.16.